The topological polar surface area (TPSA) is 73.2 Å². The highest BCUT2D eigenvalue weighted by Gasteiger charge is 2.18. The van der Waals surface area contributed by atoms with Gasteiger partial charge >= 0.3 is 0 Å². The fourth-order valence-corrected chi connectivity index (χ4v) is 2.88. The Bertz CT molecular complexity index is 785. The second-order valence-electron chi connectivity index (χ2n) is 5.74. The lowest BCUT2D eigenvalue weighted by Crippen LogP contribution is -2.32. The molecule has 1 saturated carbocycles. The first kappa shape index (κ1) is 16.5. The normalized spacial score (nSPS) is 15.0. The maximum absolute atomic E-state index is 12.2. The van der Waals surface area contributed by atoms with Crippen LogP contribution < -0.4 is 15.7 Å². The second-order valence-corrected chi connectivity index (χ2v) is 6.15. The van der Waals surface area contributed by atoms with Crippen molar-refractivity contribution in [2.24, 2.45) is 0 Å². The minimum Gasteiger partial charge on any atom is -0.473 e. The van der Waals surface area contributed by atoms with E-state index in [1.807, 2.05) is 0 Å². The number of carbonyl (C=O) groups is 1. The Morgan fingerprint density at radius 2 is 2.08 bits per heavy atom. The number of halogens is 1. The van der Waals surface area contributed by atoms with Crippen LogP contribution >= 0.6 is 11.6 Å². The molecule has 24 heavy (non-hydrogen) atoms. The number of hydrogen-bond donors (Lipinski definition) is 1. The van der Waals surface area contributed by atoms with Gasteiger partial charge in [-0.25, -0.2) is 9.66 Å². The summed E-state index contributed by atoms with van der Waals surface area (Å²) in [7, 11) is 0. The zero-order valence-corrected chi connectivity index (χ0v) is 13.8. The fourth-order valence-electron chi connectivity index (χ4n) is 2.67. The van der Waals surface area contributed by atoms with Crippen molar-refractivity contribution < 1.29 is 9.53 Å². The summed E-state index contributed by atoms with van der Waals surface area (Å²) in [6.07, 6.45) is 8.52. The van der Waals surface area contributed by atoms with E-state index < -0.39 is 5.91 Å². The molecule has 6 nitrogen and oxygen atoms in total. The van der Waals surface area contributed by atoms with Gasteiger partial charge in [-0.05, 0) is 37.8 Å². The molecule has 0 aromatic carbocycles. The highest BCUT2D eigenvalue weighted by Crippen LogP contribution is 2.27. The molecule has 0 bridgehead atoms. The van der Waals surface area contributed by atoms with Gasteiger partial charge < -0.3 is 4.74 Å². The van der Waals surface area contributed by atoms with Crippen molar-refractivity contribution in [3.63, 3.8) is 0 Å². The van der Waals surface area contributed by atoms with Gasteiger partial charge in [0.05, 0.1) is 5.56 Å². The number of rotatable bonds is 4. The van der Waals surface area contributed by atoms with Crippen LogP contribution in [0.3, 0.4) is 0 Å². The Hall–Kier alpha value is -2.34. The average molecular weight is 348 g/mol. The van der Waals surface area contributed by atoms with Crippen LogP contribution in [0.2, 0.25) is 5.02 Å². The summed E-state index contributed by atoms with van der Waals surface area (Å²) in [5, 5.41) is 0.286. The maximum Gasteiger partial charge on any atom is 0.271 e. The number of pyridine rings is 2. The van der Waals surface area contributed by atoms with Gasteiger partial charge in [0.2, 0.25) is 5.88 Å². The van der Waals surface area contributed by atoms with Crippen LogP contribution in [0.5, 0.6) is 5.88 Å². The van der Waals surface area contributed by atoms with Gasteiger partial charge in [-0.15, -0.1) is 0 Å². The molecule has 1 aliphatic carbocycles. The number of amides is 1. The predicted molar refractivity (Wildman–Crippen MR) is 91.1 cm³/mol. The minimum absolute atomic E-state index is 0.131. The van der Waals surface area contributed by atoms with E-state index in [2.05, 4.69) is 10.4 Å². The number of ether oxygens (including phenoxy) is 1. The van der Waals surface area contributed by atoms with Crippen LogP contribution in [-0.4, -0.2) is 21.7 Å². The van der Waals surface area contributed by atoms with Crippen LogP contribution in [0.1, 0.15) is 42.5 Å². The Kier molecular flexibility index (Phi) is 5.15. The third-order valence-corrected chi connectivity index (χ3v) is 4.22. The van der Waals surface area contributed by atoms with Crippen molar-refractivity contribution in [1.82, 2.24) is 9.66 Å². The highest BCUT2D eigenvalue weighted by atomic mass is 35.5. The molecule has 1 aliphatic rings. The van der Waals surface area contributed by atoms with Crippen molar-refractivity contribution in [1.29, 1.82) is 0 Å². The highest BCUT2D eigenvalue weighted by molar-refractivity contribution is 6.32. The van der Waals surface area contributed by atoms with E-state index in [0.29, 0.717) is 5.88 Å². The molecule has 1 fully saturated rings. The van der Waals surface area contributed by atoms with Gasteiger partial charge in [0, 0.05) is 18.5 Å². The second kappa shape index (κ2) is 7.49. The molecular weight excluding hydrogens is 330 g/mol. The van der Waals surface area contributed by atoms with Gasteiger partial charge in [-0.1, -0.05) is 24.1 Å². The van der Waals surface area contributed by atoms with E-state index >= 15 is 0 Å². The first-order valence-electron chi connectivity index (χ1n) is 7.95. The first-order valence-corrected chi connectivity index (χ1v) is 8.32. The van der Waals surface area contributed by atoms with Crippen molar-refractivity contribution in [2.75, 3.05) is 5.43 Å². The molecule has 3 rings (SSSR count). The van der Waals surface area contributed by atoms with Crippen LogP contribution in [0.25, 0.3) is 0 Å². The van der Waals surface area contributed by atoms with Crippen LogP contribution in [0.15, 0.2) is 41.5 Å². The van der Waals surface area contributed by atoms with E-state index in [-0.39, 0.29) is 22.2 Å². The zero-order chi connectivity index (χ0) is 16.9. The predicted octanol–water partition coefficient (Wildman–Crippen LogP) is 2.99. The summed E-state index contributed by atoms with van der Waals surface area (Å²) in [6, 6.07) is 6.09. The van der Waals surface area contributed by atoms with Gasteiger partial charge in [0.1, 0.15) is 11.1 Å². The average Bonchev–Trinajstić information content (AvgIpc) is 2.59. The standard InChI is InChI=1S/C17H18ClN3O3/c18-14-10-12(16(23)20-21-9-5-4-8-15(21)22)11-19-17(14)24-13-6-2-1-3-7-13/h4-5,8-11,13H,1-3,6-7H2,(H,20,23). The number of nitrogens with zero attached hydrogens (tertiary/aromatic N) is 2. The molecule has 0 unspecified atom stereocenters. The van der Waals surface area contributed by atoms with Crippen molar-refractivity contribution in [3.05, 3.63) is 57.6 Å². The molecule has 2 aromatic rings. The SMILES string of the molecule is O=C(Nn1ccccc1=O)c1cnc(OC2CCCCC2)c(Cl)c1. The lowest BCUT2D eigenvalue weighted by atomic mass is 9.98. The summed E-state index contributed by atoms with van der Waals surface area (Å²) < 4.78 is 6.93. The molecule has 2 aromatic heterocycles. The summed E-state index contributed by atoms with van der Waals surface area (Å²) in [5.74, 6) is -0.126. The van der Waals surface area contributed by atoms with Gasteiger partial charge in [-0.3, -0.25) is 15.0 Å². The number of hydrogen-bond acceptors (Lipinski definition) is 4. The Balaban J connectivity index is 1.70. The van der Waals surface area contributed by atoms with Gasteiger partial charge in [-0.2, -0.15) is 0 Å². The van der Waals surface area contributed by atoms with Gasteiger partial charge in [0.15, 0.2) is 0 Å². The van der Waals surface area contributed by atoms with Crippen LogP contribution in [0, 0.1) is 0 Å². The smallest absolute Gasteiger partial charge is 0.271 e. The lowest BCUT2D eigenvalue weighted by molar-refractivity contribution is 0.101. The summed E-state index contributed by atoms with van der Waals surface area (Å²) in [5.41, 5.74) is 2.41. The summed E-state index contributed by atoms with van der Waals surface area (Å²) in [4.78, 5) is 28.0. The van der Waals surface area contributed by atoms with Crippen LogP contribution in [0.4, 0.5) is 0 Å². The Morgan fingerprint density at radius 3 is 2.79 bits per heavy atom. The van der Waals surface area contributed by atoms with E-state index in [4.69, 9.17) is 16.3 Å². The Morgan fingerprint density at radius 1 is 1.29 bits per heavy atom. The molecule has 0 aliphatic heterocycles. The number of carbonyl (C=O) groups excluding carboxylic acids is 1. The van der Waals surface area contributed by atoms with E-state index in [9.17, 15) is 9.59 Å². The molecule has 0 saturated heterocycles. The monoisotopic (exact) mass is 347 g/mol. The zero-order valence-electron chi connectivity index (χ0n) is 13.1. The van der Waals surface area contributed by atoms with E-state index in [1.165, 1.54) is 30.9 Å². The molecule has 2 heterocycles. The van der Waals surface area contributed by atoms with Crippen molar-refractivity contribution in [2.45, 2.75) is 38.2 Å². The van der Waals surface area contributed by atoms with Crippen molar-refractivity contribution >= 4 is 17.5 Å². The first-order chi connectivity index (χ1) is 11.6. The molecule has 0 atom stereocenters. The minimum atomic E-state index is -0.470. The van der Waals surface area contributed by atoms with Crippen molar-refractivity contribution in [3.8, 4) is 5.88 Å². The maximum atomic E-state index is 12.2. The number of nitrogens with one attached hydrogen (secondary N) is 1. The molecule has 126 valence electrons. The third kappa shape index (κ3) is 3.94. The fraction of sp³-hybridized carbons (Fsp3) is 0.353. The molecule has 0 radical (unpaired) electrons. The molecule has 1 amide bonds. The van der Waals surface area contributed by atoms with E-state index in [0.717, 1.165) is 30.4 Å². The molecule has 7 heteroatoms. The molecular formula is C17H18ClN3O3. The quantitative estimate of drug-likeness (QED) is 0.922. The Labute approximate surface area is 144 Å². The lowest BCUT2D eigenvalue weighted by Gasteiger charge is -2.22. The van der Waals surface area contributed by atoms with Crippen LogP contribution in [-0.2, 0) is 0 Å². The summed E-state index contributed by atoms with van der Waals surface area (Å²) >= 11 is 6.19. The summed E-state index contributed by atoms with van der Waals surface area (Å²) in [6.45, 7) is 0. The molecule has 0 spiro atoms. The number of aromatic nitrogens is 2. The molecule has 1 N–H and O–H groups in total. The largest absolute Gasteiger partial charge is 0.473 e. The van der Waals surface area contributed by atoms with E-state index in [1.54, 1.807) is 12.1 Å². The third-order valence-electron chi connectivity index (χ3n) is 3.94. The van der Waals surface area contributed by atoms with Gasteiger partial charge in [0.25, 0.3) is 11.5 Å².